The number of alkyl halides is 1. The molecule has 0 spiro atoms. The number of nitrogens with zero attached hydrogens (tertiary/aromatic N) is 1. The SMILES string of the molecule is Clc1ccc2c(n1)[C@@H]1C[C@H]2[C@@H](Cl)C1. The van der Waals surface area contributed by atoms with E-state index in [2.05, 4.69) is 11.1 Å². The van der Waals surface area contributed by atoms with Gasteiger partial charge in [0.2, 0.25) is 0 Å². The van der Waals surface area contributed by atoms with Gasteiger partial charge in [-0.2, -0.15) is 0 Å². The highest BCUT2D eigenvalue weighted by Gasteiger charge is 2.43. The maximum absolute atomic E-state index is 6.22. The molecule has 1 saturated carbocycles. The van der Waals surface area contributed by atoms with E-state index < -0.39 is 0 Å². The molecule has 3 rings (SSSR count). The van der Waals surface area contributed by atoms with Gasteiger partial charge in [0.05, 0.1) is 0 Å². The Morgan fingerprint density at radius 3 is 3.00 bits per heavy atom. The second-order valence-corrected chi connectivity index (χ2v) is 4.85. The summed E-state index contributed by atoms with van der Waals surface area (Å²) < 4.78 is 0. The van der Waals surface area contributed by atoms with Crippen LogP contribution in [0, 0.1) is 0 Å². The summed E-state index contributed by atoms with van der Waals surface area (Å²) in [6.45, 7) is 0. The standard InChI is InChI=1S/C10H9Cl2N/c11-8-4-5-3-7(8)6-1-2-9(12)13-10(5)6/h1-2,5,7-8H,3-4H2/t5-,7-,8+/m1/s1. The van der Waals surface area contributed by atoms with Crippen LogP contribution in [-0.4, -0.2) is 10.4 Å². The van der Waals surface area contributed by atoms with Crippen LogP contribution in [0.3, 0.4) is 0 Å². The second kappa shape index (κ2) is 2.61. The second-order valence-electron chi connectivity index (χ2n) is 3.90. The first-order valence-corrected chi connectivity index (χ1v) is 5.37. The summed E-state index contributed by atoms with van der Waals surface area (Å²) in [5.41, 5.74) is 2.54. The first kappa shape index (κ1) is 8.07. The van der Waals surface area contributed by atoms with Crippen LogP contribution < -0.4 is 0 Å². The van der Waals surface area contributed by atoms with E-state index in [9.17, 15) is 0 Å². The summed E-state index contributed by atoms with van der Waals surface area (Å²) >= 11 is 12.1. The van der Waals surface area contributed by atoms with Gasteiger partial charge in [0, 0.05) is 22.9 Å². The quantitative estimate of drug-likeness (QED) is 0.476. The van der Waals surface area contributed by atoms with E-state index in [4.69, 9.17) is 23.2 Å². The lowest BCUT2D eigenvalue weighted by Crippen LogP contribution is -2.10. The van der Waals surface area contributed by atoms with Crippen LogP contribution in [0.4, 0.5) is 0 Å². The first-order chi connectivity index (χ1) is 6.25. The highest BCUT2D eigenvalue weighted by Crippen LogP contribution is 2.54. The topological polar surface area (TPSA) is 12.9 Å². The van der Waals surface area contributed by atoms with Gasteiger partial charge in [-0.15, -0.1) is 11.6 Å². The molecule has 3 heteroatoms. The molecule has 0 amide bonds. The molecule has 0 aromatic carbocycles. The number of pyridine rings is 1. The van der Waals surface area contributed by atoms with Gasteiger partial charge in [-0.25, -0.2) is 4.98 Å². The lowest BCUT2D eigenvalue weighted by atomic mass is 9.96. The molecule has 1 nitrogen and oxygen atoms in total. The van der Waals surface area contributed by atoms with Crippen molar-refractivity contribution in [2.75, 3.05) is 0 Å². The molecule has 2 aliphatic rings. The highest BCUT2D eigenvalue weighted by atomic mass is 35.5. The van der Waals surface area contributed by atoms with Crippen LogP contribution in [0.5, 0.6) is 0 Å². The van der Waals surface area contributed by atoms with Gasteiger partial charge >= 0.3 is 0 Å². The third kappa shape index (κ3) is 1.04. The van der Waals surface area contributed by atoms with Crippen LogP contribution in [0.25, 0.3) is 0 Å². The Bertz CT molecular complexity index is 364. The maximum atomic E-state index is 6.22. The normalized spacial score (nSPS) is 35.1. The van der Waals surface area contributed by atoms with Crippen molar-refractivity contribution in [3.63, 3.8) is 0 Å². The zero-order chi connectivity index (χ0) is 9.00. The van der Waals surface area contributed by atoms with Crippen LogP contribution in [0.15, 0.2) is 12.1 Å². The van der Waals surface area contributed by atoms with E-state index in [1.807, 2.05) is 6.07 Å². The number of halogens is 2. The molecule has 0 N–H and O–H groups in total. The fourth-order valence-corrected chi connectivity index (χ4v) is 3.24. The zero-order valence-electron chi connectivity index (χ0n) is 7.00. The lowest BCUT2D eigenvalue weighted by molar-refractivity contribution is 0.704. The zero-order valence-corrected chi connectivity index (χ0v) is 8.52. The molecule has 1 fully saturated rings. The number of fused-ring (bicyclic) bond motifs is 5. The van der Waals surface area contributed by atoms with E-state index >= 15 is 0 Å². The molecule has 1 heterocycles. The van der Waals surface area contributed by atoms with Crippen LogP contribution >= 0.6 is 23.2 Å². The van der Waals surface area contributed by atoms with E-state index in [-0.39, 0.29) is 0 Å². The van der Waals surface area contributed by atoms with Crippen molar-refractivity contribution in [1.82, 2.24) is 4.98 Å². The minimum absolute atomic E-state index is 0.320. The summed E-state index contributed by atoms with van der Waals surface area (Å²) in [5.74, 6) is 1.10. The number of hydrogen-bond acceptors (Lipinski definition) is 1. The largest absolute Gasteiger partial charge is 0.241 e. The van der Waals surface area contributed by atoms with E-state index in [1.54, 1.807) is 0 Å². The van der Waals surface area contributed by atoms with Crippen molar-refractivity contribution in [2.45, 2.75) is 30.1 Å². The van der Waals surface area contributed by atoms with Crippen molar-refractivity contribution < 1.29 is 0 Å². The van der Waals surface area contributed by atoms with Gasteiger partial charge in [0.25, 0.3) is 0 Å². The molecule has 68 valence electrons. The van der Waals surface area contributed by atoms with Crippen LogP contribution in [-0.2, 0) is 0 Å². The maximum Gasteiger partial charge on any atom is 0.129 e. The Labute approximate surface area is 87.1 Å². The predicted octanol–water partition coefficient (Wildman–Crippen LogP) is 3.32. The van der Waals surface area contributed by atoms with Crippen molar-refractivity contribution in [3.05, 3.63) is 28.5 Å². The minimum Gasteiger partial charge on any atom is -0.241 e. The lowest BCUT2D eigenvalue weighted by Gasteiger charge is -2.18. The monoisotopic (exact) mass is 213 g/mol. The Hall–Kier alpha value is -0.270. The fraction of sp³-hybridized carbons (Fsp3) is 0.500. The fourth-order valence-electron chi connectivity index (χ4n) is 2.63. The number of hydrogen-bond donors (Lipinski definition) is 0. The van der Waals surface area contributed by atoms with Crippen molar-refractivity contribution in [3.8, 4) is 0 Å². The summed E-state index contributed by atoms with van der Waals surface area (Å²) in [6.07, 6.45) is 2.25. The van der Waals surface area contributed by atoms with Crippen LogP contribution in [0.1, 0.15) is 35.9 Å². The Morgan fingerprint density at radius 1 is 1.31 bits per heavy atom. The smallest absolute Gasteiger partial charge is 0.129 e. The van der Waals surface area contributed by atoms with Crippen LogP contribution in [0.2, 0.25) is 5.15 Å². The predicted molar refractivity (Wildman–Crippen MR) is 53.6 cm³/mol. The molecule has 3 atom stereocenters. The number of rotatable bonds is 0. The summed E-state index contributed by atoms with van der Waals surface area (Å²) in [6, 6.07) is 3.95. The molecular formula is C10H9Cl2N. The molecule has 0 aliphatic heterocycles. The van der Waals surface area contributed by atoms with Gasteiger partial charge in [0.15, 0.2) is 0 Å². The average Bonchev–Trinajstić information content (AvgIpc) is 2.61. The summed E-state index contributed by atoms with van der Waals surface area (Å²) in [5, 5.41) is 0.929. The minimum atomic E-state index is 0.320. The van der Waals surface area contributed by atoms with Gasteiger partial charge in [0.1, 0.15) is 5.15 Å². The van der Waals surface area contributed by atoms with Gasteiger partial charge in [-0.05, 0) is 24.5 Å². The van der Waals surface area contributed by atoms with Crippen molar-refractivity contribution in [2.24, 2.45) is 0 Å². The molecule has 1 aromatic heterocycles. The van der Waals surface area contributed by atoms with Gasteiger partial charge in [-0.3, -0.25) is 0 Å². The molecule has 0 unspecified atom stereocenters. The molecule has 2 aliphatic carbocycles. The van der Waals surface area contributed by atoms with Gasteiger partial charge in [-0.1, -0.05) is 17.7 Å². The van der Waals surface area contributed by atoms with Crippen molar-refractivity contribution in [1.29, 1.82) is 0 Å². The third-order valence-corrected chi connectivity index (χ3v) is 3.89. The Morgan fingerprint density at radius 2 is 2.15 bits per heavy atom. The molecule has 0 radical (unpaired) electrons. The Balaban J connectivity index is 2.16. The van der Waals surface area contributed by atoms with E-state index in [0.717, 1.165) is 6.42 Å². The van der Waals surface area contributed by atoms with Gasteiger partial charge < -0.3 is 0 Å². The molecule has 1 aromatic rings. The third-order valence-electron chi connectivity index (χ3n) is 3.19. The van der Waals surface area contributed by atoms with Crippen molar-refractivity contribution >= 4 is 23.2 Å². The van der Waals surface area contributed by atoms with E-state index in [0.29, 0.717) is 22.4 Å². The first-order valence-electron chi connectivity index (χ1n) is 4.56. The molecular weight excluding hydrogens is 205 g/mol. The Kier molecular flexibility index (Phi) is 1.62. The molecule has 13 heavy (non-hydrogen) atoms. The van der Waals surface area contributed by atoms with E-state index in [1.165, 1.54) is 17.7 Å². The summed E-state index contributed by atoms with van der Waals surface area (Å²) in [7, 11) is 0. The summed E-state index contributed by atoms with van der Waals surface area (Å²) in [4.78, 5) is 4.38. The molecule has 2 bridgehead atoms. The average molecular weight is 214 g/mol. The highest BCUT2D eigenvalue weighted by molar-refractivity contribution is 6.29. The number of aromatic nitrogens is 1. The molecule has 0 saturated heterocycles.